The van der Waals surface area contributed by atoms with Gasteiger partial charge in [-0.25, -0.2) is 26.6 Å². The minimum atomic E-state index is -3.31. The van der Waals surface area contributed by atoms with Crippen LogP contribution in [0.15, 0.2) is 59.5 Å². The lowest BCUT2D eigenvalue weighted by Crippen LogP contribution is -2.30. The summed E-state index contributed by atoms with van der Waals surface area (Å²) in [6, 6.07) is 12.9. The molecule has 0 aliphatic heterocycles. The first kappa shape index (κ1) is 28.4. The average molecular weight is 559 g/mol. The first-order valence-corrected chi connectivity index (χ1v) is 14.2. The summed E-state index contributed by atoms with van der Waals surface area (Å²) < 4.78 is 73.4. The zero-order valence-corrected chi connectivity index (χ0v) is 22.9. The number of rotatable bonds is 10. The average Bonchev–Trinajstić information content (AvgIpc) is 3.25. The van der Waals surface area contributed by atoms with E-state index in [1.165, 1.54) is 12.1 Å². The zero-order valence-electron chi connectivity index (χ0n) is 22.1. The Hall–Kier alpha value is -3.66. The number of Topliss-reactive ketones (excluding diaryl/α,β-unsaturated/α-hetero) is 1. The van der Waals surface area contributed by atoms with Gasteiger partial charge in [0.2, 0.25) is 0 Å². The summed E-state index contributed by atoms with van der Waals surface area (Å²) in [6.07, 6.45) is 0.292. The number of carbonyl (C=O) groups excluding carboxylic acids is 1. The molecule has 3 aromatic carbocycles. The van der Waals surface area contributed by atoms with Crippen molar-refractivity contribution in [3.05, 3.63) is 89.0 Å². The molecule has 1 heterocycles. The Balaban J connectivity index is 1.56. The fourth-order valence-electron chi connectivity index (χ4n) is 4.49. The number of fused-ring (bicyclic) bond motifs is 1. The summed E-state index contributed by atoms with van der Waals surface area (Å²) >= 11 is 0. The van der Waals surface area contributed by atoms with Crippen molar-refractivity contribution >= 4 is 26.7 Å². The van der Waals surface area contributed by atoms with E-state index < -0.39 is 38.6 Å². The van der Waals surface area contributed by atoms with Crippen molar-refractivity contribution in [2.24, 2.45) is 0 Å². The lowest BCUT2D eigenvalue weighted by Gasteiger charge is -2.27. The van der Waals surface area contributed by atoms with Crippen LogP contribution in [0.25, 0.3) is 11.0 Å². The third-order valence-corrected chi connectivity index (χ3v) is 8.20. The van der Waals surface area contributed by atoms with Crippen LogP contribution in [0.5, 0.6) is 5.75 Å². The van der Waals surface area contributed by atoms with Gasteiger partial charge < -0.3 is 9.30 Å². The highest BCUT2D eigenvalue weighted by Crippen LogP contribution is 2.33. The number of ether oxygens (including phenoxy) is 1. The van der Waals surface area contributed by atoms with E-state index >= 15 is 0 Å². The normalized spacial score (nSPS) is 12.2. The van der Waals surface area contributed by atoms with E-state index in [0.717, 1.165) is 11.1 Å². The van der Waals surface area contributed by atoms with Crippen LogP contribution in [0, 0.1) is 17.5 Å². The molecule has 206 valence electrons. The number of imidazole rings is 1. The lowest BCUT2D eigenvalue weighted by molar-refractivity contribution is -0.117. The Morgan fingerprint density at radius 3 is 2.10 bits per heavy atom. The number of hydrogen-bond donors (Lipinski definition) is 0. The van der Waals surface area contributed by atoms with E-state index in [9.17, 15) is 26.4 Å². The van der Waals surface area contributed by atoms with Crippen molar-refractivity contribution in [3.63, 3.8) is 0 Å². The quantitative estimate of drug-likeness (QED) is 0.241. The van der Waals surface area contributed by atoms with Crippen LogP contribution in [0.2, 0.25) is 0 Å². The Morgan fingerprint density at radius 2 is 1.51 bits per heavy atom. The summed E-state index contributed by atoms with van der Waals surface area (Å²) in [6.45, 7) is 7.20. The summed E-state index contributed by atoms with van der Waals surface area (Å²) in [5.41, 5.74) is 1.52. The molecular formula is C29H29F3N2O4S. The molecule has 0 fully saturated rings. The molecular weight excluding hydrogens is 529 g/mol. The molecule has 0 aliphatic rings. The van der Waals surface area contributed by atoms with Gasteiger partial charge in [0, 0.05) is 31.5 Å². The highest BCUT2D eigenvalue weighted by molar-refractivity contribution is 7.91. The SMILES string of the molecule is CCn1c(C(C)(C)Oc2c(F)cc(F)cc2F)nc2cc(CC(=O)Cc3ccc(S(=O)(=O)CC)cc3)ccc21. The monoisotopic (exact) mass is 558 g/mol. The van der Waals surface area contributed by atoms with E-state index in [1.54, 1.807) is 39.0 Å². The van der Waals surface area contributed by atoms with Gasteiger partial charge in [-0.2, -0.15) is 0 Å². The minimum Gasteiger partial charge on any atom is -0.474 e. The predicted molar refractivity (Wildman–Crippen MR) is 142 cm³/mol. The standard InChI is InChI=1S/C29H29F3N2O4S/c1-5-34-26-12-9-19(14-21(35)13-18-7-10-22(11-8-18)39(36,37)6-2)15-25(26)33-28(34)29(3,4)38-27-23(31)16-20(30)17-24(27)32/h7-12,15-17H,5-6,13-14H2,1-4H3. The second-order valence-electron chi connectivity index (χ2n) is 9.75. The number of aryl methyl sites for hydroxylation is 1. The first-order valence-electron chi connectivity index (χ1n) is 12.5. The number of aromatic nitrogens is 2. The van der Waals surface area contributed by atoms with Gasteiger partial charge in [-0.3, -0.25) is 4.79 Å². The van der Waals surface area contributed by atoms with Gasteiger partial charge >= 0.3 is 0 Å². The van der Waals surface area contributed by atoms with Crippen molar-refractivity contribution in [2.45, 2.75) is 57.6 Å². The van der Waals surface area contributed by atoms with Crippen molar-refractivity contribution in [1.29, 1.82) is 0 Å². The largest absolute Gasteiger partial charge is 0.474 e. The van der Waals surface area contributed by atoms with Crippen molar-refractivity contribution in [2.75, 3.05) is 5.75 Å². The van der Waals surface area contributed by atoms with E-state index in [-0.39, 0.29) is 29.3 Å². The molecule has 1 aromatic heterocycles. The molecule has 0 unspecified atom stereocenters. The van der Waals surface area contributed by atoms with Crippen molar-refractivity contribution in [3.8, 4) is 5.75 Å². The molecule has 0 saturated heterocycles. The summed E-state index contributed by atoms with van der Waals surface area (Å²) in [7, 11) is -3.31. The summed E-state index contributed by atoms with van der Waals surface area (Å²) in [4.78, 5) is 17.7. The lowest BCUT2D eigenvalue weighted by atomic mass is 10.0. The van der Waals surface area contributed by atoms with Crippen molar-refractivity contribution < 1.29 is 31.1 Å². The van der Waals surface area contributed by atoms with Crippen LogP contribution in [0.3, 0.4) is 0 Å². The Labute approximate surface area is 225 Å². The number of benzene rings is 3. The molecule has 10 heteroatoms. The minimum absolute atomic E-state index is 0.00653. The molecule has 0 radical (unpaired) electrons. The molecule has 6 nitrogen and oxygen atoms in total. The van der Waals surface area contributed by atoms with Crippen LogP contribution in [0.1, 0.15) is 44.6 Å². The maximum absolute atomic E-state index is 14.3. The highest BCUT2D eigenvalue weighted by atomic mass is 32.2. The van der Waals surface area contributed by atoms with Crippen LogP contribution in [0.4, 0.5) is 13.2 Å². The maximum Gasteiger partial charge on any atom is 0.192 e. The Bertz CT molecular complexity index is 1620. The molecule has 0 spiro atoms. The second kappa shape index (κ2) is 10.8. The summed E-state index contributed by atoms with van der Waals surface area (Å²) in [5.74, 6) is -3.67. The number of halogens is 3. The number of sulfone groups is 1. The molecule has 0 bridgehead atoms. The molecule has 4 aromatic rings. The van der Waals surface area contributed by atoms with Gasteiger partial charge in [0.15, 0.2) is 38.6 Å². The van der Waals surface area contributed by atoms with Crippen molar-refractivity contribution in [1.82, 2.24) is 9.55 Å². The highest BCUT2D eigenvalue weighted by Gasteiger charge is 2.32. The van der Waals surface area contributed by atoms with Crippen LogP contribution < -0.4 is 4.74 Å². The van der Waals surface area contributed by atoms with Crippen LogP contribution in [-0.4, -0.2) is 29.5 Å². The number of nitrogens with zero attached hydrogens (tertiary/aromatic N) is 2. The van der Waals surface area contributed by atoms with Gasteiger partial charge in [-0.05, 0) is 56.2 Å². The molecule has 39 heavy (non-hydrogen) atoms. The Kier molecular flexibility index (Phi) is 7.88. The van der Waals surface area contributed by atoms with Crippen LogP contribution >= 0.6 is 0 Å². The Morgan fingerprint density at radius 1 is 0.923 bits per heavy atom. The fourth-order valence-corrected chi connectivity index (χ4v) is 5.38. The summed E-state index contributed by atoms with van der Waals surface area (Å²) in [5, 5.41) is 0. The van der Waals surface area contributed by atoms with E-state index in [1.807, 2.05) is 23.6 Å². The van der Waals surface area contributed by atoms with Gasteiger partial charge in [0.25, 0.3) is 0 Å². The smallest absolute Gasteiger partial charge is 0.192 e. The van der Waals surface area contributed by atoms with E-state index in [2.05, 4.69) is 4.98 Å². The van der Waals surface area contributed by atoms with Gasteiger partial charge in [0.1, 0.15) is 11.6 Å². The van der Waals surface area contributed by atoms with Gasteiger partial charge in [-0.15, -0.1) is 0 Å². The van der Waals surface area contributed by atoms with E-state index in [4.69, 9.17) is 4.74 Å². The number of ketones is 1. The van der Waals surface area contributed by atoms with E-state index in [0.29, 0.717) is 35.6 Å². The molecule has 4 rings (SSSR count). The maximum atomic E-state index is 14.3. The second-order valence-corrected chi connectivity index (χ2v) is 12.0. The topological polar surface area (TPSA) is 78.3 Å². The fraction of sp³-hybridized carbons (Fsp3) is 0.310. The molecule has 0 atom stereocenters. The van der Waals surface area contributed by atoms with Crippen LogP contribution in [-0.2, 0) is 39.6 Å². The third-order valence-electron chi connectivity index (χ3n) is 6.45. The first-order chi connectivity index (χ1) is 18.3. The number of hydrogen-bond acceptors (Lipinski definition) is 5. The van der Waals surface area contributed by atoms with Gasteiger partial charge in [-0.1, -0.05) is 25.1 Å². The van der Waals surface area contributed by atoms with Gasteiger partial charge in [0.05, 0.1) is 21.7 Å². The zero-order chi connectivity index (χ0) is 28.5. The molecule has 0 N–H and O–H groups in total. The molecule has 0 aliphatic carbocycles. The number of carbonyl (C=O) groups is 1. The third kappa shape index (κ3) is 6.00. The predicted octanol–water partition coefficient (Wildman–Crippen LogP) is 5.94. The molecule has 0 saturated carbocycles. The molecule has 0 amide bonds.